The van der Waals surface area contributed by atoms with Crippen molar-refractivity contribution in [2.45, 2.75) is 70.8 Å². The lowest BCUT2D eigenvalue weighted by Crippen LogP contribution is -2.80. The van der Waals surface area contributed by atoms with Crippen LogP contribution in [0, 0.1) is 5.92 Å². The number of carbonyl (C=O) groups excluding carboxylic acids is 2. The van der Waals surface area contributed by atoms with Gasteiger partial charge in [0, 0.05) is 6.42 Å². The molecule has 0 spiro atoms. The fourth-order valence-corrected chi connectivity index (χ4v) is 4.14. The molecule has 1 radical (unpaired) electrons. The molecule has 2 rings (SSSR count). The number of phenolic OH excluding ortho intramolecular Hbond substituents is 1. The summed E-state index contributed by atoms with van der Waals surface area (Å²) in [6.07, 6.45) is -0.989. The smallest absolute Gasteiger partial charge is 0.344 e. The molecular formula is C25H33BNO13. The van der Waals surface area contributed by atoms with E-state index >= 15 is 0 Å². The van der Waals surface area contributed by atoms with E-state index in [9.17, 15) is 44.4 Å². The van der Waals surface area contributed by atoms with Crippen molar-refractivity contribution in [1.82, 2.24) is 0 Å². The molecule has 40 heavy (non-hydrogen) atoms. The topological polar surface area (TPSA) is 217 Å². The maximum absolute atomic E-state index is 12.6. The first-order valence-corrected chi connectivity index (χ1v) is 12.7. The van der Waals surface area contributed by atoms with Crippen LogP contribution < -0.4 is 4.99 Å². The van der Waals surface area contributed by atoms with Crippen LogP contribution in [0.2, 0.25) is 0 Å². The molecule has 0 unspecified atom stereocenters. The summed E-state index contributed by atoms with van der Waals surface area (Å²) in [5, 5.41) is 39.0. The molecule has 5 N–H and O–H groups in total. The van der Waals surface area contributed by atoms with Crippen molar-refractivity contribution in [3.8, 4) is 5.75 Å². The van der Waals surface area contributed by atoms with Crippen LogP contribution in [0.1, 0.15) is 68.8 Å². The third-order valence-electron chi connectivity index (χ3n) is 6.35. The number of esters is 2. The van der Waals surface area contributed by atoms with Gasteiger partial charge in [0.15, 0.2) is 0 Å². The molecule has 0 amide bonds. The van der Waals surface area contributed by atoms with Gasteiger partial charge in [-0.15, -0.1) is 0 Å². The van der Waals surface area contributed by atoms with Gasteiger partial charge in [-0.25, -0.2) is 14.6 Å². The molecule has 1 aromatic carbocycles. The van der Waals surface area contributed by atoms with Gasteiger partial charge in [0.2, 0.25) is 6.79 Å². The van der Waals surface area contributed by atoms with Gasteiger partial charge in [-0.3, -0.25) is 14.4 Å². The van der Waals surface area contributed by atoms with Gasteiger partial charge in [0.1, 0.15) is 16.9 Å². The number of aliphatic carboxylic acids is 3. The molecule has 1 aliphatic rings. The third-order valence-corrected chi connectivity index (χ3v) is 6.35. The van der Waals surface area contributed by atoms with E-state index in [1.54, 1.807) is 6.92 Å². The van der Waals surface area contributed by atoms with E-state index < -0.39 is 73.9 Å². The molecule has 0 fully saturated rings. The summed E-state index contributed by atoms with van der Waals surface area (Å²) in [6, 6.07) is 4.21. The molecular weight excluding hydrogens is 533 g/mol. The number of para-hydroxylation sites is 1. The van der Waals surface area contributed by atoms with E-state index in [4.69, 9.17) is 18.8 Å². The van der Waals surface area contributed by atoms with Gasteiger partial charge in [-0.2, -0.15) is 0 Å². The maximum atomic E-state index is 12.6. The molecule has 0 aliphatic carbocycles. The van der Waals surface area contributed by atoms with Crippen LogP contribution in [0.25, 0.3) is 0 Å². The Kier molecular flexibility index (Phi) is 11.5. The van der Waals surface area contributed by atoms with E-state index in [1.165, 1.54) is 18.2 Å². The lowest BCUT2D eigenvalue weighted by Gasteiger charge is -2.37. The Bertz CT molecular complexity index is 1130. The Hall–Kier alpha value is -4.14. The van der Waals surface area contributed by atoms with Gasteiger partial charge in [-0.1, -0.05) is 32.9 Å². The van der Waals surface area contributed by atoms with Crippen molar-refractivity contribution in [2.75, 3.05) is 6.79 Å². The van der Waals surface area contributed by atoms with E-state index in [2.05, 4.69) is 4.99 Å². The number of benzene rings is 1. The second-order valence-electron chi connectivity index (χ2n) is 9.12. The number of carbonyl (C=O) groups is 5. The number of carboxylic acids is 3. The van der Waals surface area contributed by atoms with Gasteiger partial charge in [0.25, 0.3) is 13.0 Å². The monoisotopic (exact) mass is 566 g/mol. The minimum Gasteiger partial charge on any atom is -0.663 e. The zero-order chi connectivity index (χ0) is 30.0. The summed E-state index contributed by atoms with van der Waals surface area (Å²) in [6.45, 7) is 4.72. The first-order valence-electron chi connectivity index (χ1n) is 12.7. The Balaban J connectivity index is 2.24. The van der Waals surface area contributed by atoms with Gasteiger partial charge in [0.05, 0.1) is 31.1 Å². The van der Waals surface area contributed by atoms with Crippen LogP contribution in [-0.2, 0) is 44.4 Å². The summed E-state index contributed by atoms with van der Waals surface area (Å²) < 4.78 is 21.1. The molecule has 15 heteroatoms. The van der Waals surface area contributed by atoms with Crippen molar-refractivity contribution in [3.63, 3.8) is 0 Å². The van der Waals surface area contributed by atoms with Crippen LogP contribution in [-0.4, -0.2) is 81.6 Å². The molecule has 1 heterocycles. The summed E-state index contributed by atoms with van der Waals surface area (Å²) in [5.41, 5.74) is -2.69. The first kappa shape index (κ1) is 32.1. The number of ether oxygens (including phenoxy) is 2. The number of hydrogen-bond acceptors (Lipinski definition) is 10. The number of phenols is 1. The molecule has 1 atom stereocenters. The number of rotatable bonds is 16. The lowest BCUT2D eigenvalue weighted by molar-refractivity contribution is -0.479. The van der Waals surface area contributed by atoms with E-state index in [0.29, 0.717) is 19.3 Å². The molecule has 0 bridgehead atoms. The highest BCUT2D eigenvalue weighted by molar-refractivity contribution is 6.49. The van der Waals surface area contributed by atoms with Crippen LogP contribution in [0.4, 0.5) is 0 Å². The number of carboxylic acid groups (broad SMARTS) is 3. The number of nitrogens with one attached hydrogen (secondary N) is 1. The van der Waals surface area contributed by atoms with Crippen molar-refractivity contribution >= 4 is 42.9 Å². The average Bonchev–Trinajstić information content (AvgIpc) is 3.25. The van der Waals surface area contributed by atoms with Crippen molar-refractivity contribution in [2.24, 2.45) is 5.92 Å². The highest BCUT2D eigenvalue weighted by Crippen LogP contribution is 2.28. The van der Waals surface area contributed by atoms with Crippen LogP contribution in [0.5, 0.6) is 5.75 Å². The largest absolute Gasteiger partial charge is 0.663 e. The highest BCUT2D eigenvalue weighted by Gasteiger charge is 2.46. The Morgan fingerprint density at radius 3 is 2.17 bits per heavy atom. The lowest BCUT2D eigenvalue weighted by atomic mass is 9.74. The summed E-state index contributed by atoms with van der Waals surface area (Å²) in [5.74, 6) is -7.92. The summed E-state index contributed by atoms with van der Waals surface area (Å²) >= 11 is 0. The maximum Gasteiger partial charge on any atom is 0.344 e. The zero-order valence-corrected chi connectivity index (χ0v) is 22.4. The Labute approximate surface area is 230 Å². The van der Waals surface area contributed by atoms with Crippen LogP contribution in [0.3, 0.4) is 0 Å². The van der Waals surface area contributed by atoms with Gasteiger partial charge < -0.3 is 39.2 Å². The molecule has 14 nitrogen and oxygen atoms in total. The standard InChI is InChI=1S/C25H32BNO13/c1-4-14(5-2)22(33)37-13-38-23(34)16-9-7-8-15(21(16)32)10-17-26(39-18(6-3)27-17)40-25(24(35)36,11-19(28)29)12-20(30)31/h7-9,14,17,32H,4-6,10-13H2,1-3H3,(H,28,29)(H,30,31)(H,35,36)/q-1/p+1/t17-/m0/s1. The molecule has 0 saturated carbocycles. The molecule has 0 aromatic heterocycles. The van der Waals surface area contributed by atoms with Gasteiger partial charge in [-0.05, 0) is 24.5 Å². The summed E-state index contributed by atoms with van der Waals surface area (Å²) in [7, 11) is -1.45. The Morgan fingerprint density at radius 1 is 1.02 bits per heavy atom. The SMILES string of the molecule is CCC1=[NH+][C@@H](Cc2cccc(C(=O)OCOC(=O)C(CC)CC)c2O)[B-](OC(CC(=O)O)(CC(=O)O)C(=O)O)O1. The van der Waals surface area contributed by atoms with E-state index in [1.807, 2.05) is 13.8 Å². The van der Waals surface area contributed by atoms with E-state index in [0.717, 1.165) is 0 Å². The normalized spacial score (nSPS) is 15.3. The number of aromatic hydroxyl groups is 1. The molecule has 1 aromatic rings. The van der Waals surface area contributed by atoms with Crippen molar-refractivity contribution in [1.29, 1.82) is 0 Å². The summed E-state index contributed by atoms with van der Waals surface area (Å²) in [4.78, 5) is 62.3. The van der Waals surface area contributed by atoms with E-state index in [-0.39, 0.29) is 29.4 Å². The van der Waals surface area contributed by atoms with Crippen molar-refractivity contribution < 1.29 is 68.2 Å². The molecule has 1 aliphatic heterocycles. The Morgan fingerprint density at radius 2 is 1.65 bits per heavy atom. The van der Waals surface area contributed by atoms with Gasteiger partial charge >= 0.3 is 29.8 Å². The third kappa shape index (κ3) is 8.18. The van der Waals surface area contributed by atoms with Crippen LogP contribution >= 0.6 is 0 Å². The molecule has 0 saturated heterocycles. The number of hydrogen-bond donors (Lipinski definition) is 5. The second kappa shape index (κ2) is 14.3. The average molecular weight is 566 g/mol. The fourth-order valence-electron chi connectivity index (χ4n) is 4.14. The fraction of sp³-hybridized carbons (Fsp3) is 0.520. The predicted molar refractivity (Wildman–Crippen MR) is 135 cm³/mol. The second-order valence-corrected chi connectivity index (χ2v) is 9.12. The highest BCUT2D eigenvalue weighted by atomic mass is 16.7. The quantitative estimate of drug-likeness (QED) is 0.102. The van der Waals surface area contributed by atoms with Crippen LogP contribution in [0.15, 0.2) is 18.2 Å². The zero-order valence-electron chi connectivity index (χ0n) is 22.4. The molecule has 219 valence electrons. The van der Waals surface area contributed by atoms with Crippen molar-refractivity contribution in [3.05, 3.63) is 29.3 Å². The minimum absolute atomic E-state index is 0.110. The predicted octanol–water partition coefficient (Wildman–Crippen LogP) is 0.133. The minimum atomic E-state index is -2.65. The first-order chi connectivity index (χ1) is 18.9.